The van der Waals surface area contributed by atoms with E-state index in [2.05, 4.69) is 4.98 Å². The van der Waals surface area contributed by atoms with Gasteiger partial charge in [0, 0.05) is 28.6 Å². The van der Waals surface area contributed by atoms with Crippen molar-refractivity contribution in [2.24, 2.45) is 0 Å². The monoisotopic (exact) mass is 314 g/mol. The number of thiazole rings is 1. The summed E-state index contributed by atoms with van der Waals surface area (Å²) in [4.78, 5) is 4.61. The molecule has 1 heterocycles. The lowest BCUT2D eigenvalue weighted by atomic mass is 10.1. The van der Waals surface area contributed by atoms with E-state index in [1.54, 1.807) is 24.5 Å². The normalized spacial score (nSPS) is 10.6. The van der Waals surface area contributed by atoms with Crippen LogP contribution in [0.5, 0.6) is 5.75 Å². The number of rotatable bonds is 4. The summed E-state index contributed by atoms with van der Waals surface area (Å²) in [5, 5.41) is 2.89. The second-order valence-electron chi connectivity index (χ2n) is 4.88. The molecule has 0 bridgehead atoms. The SMILES string of the molecule is COc1ccc(F)cc1Cc1nc(-c2cccc(N)c2)cs1. The van der Waals surface area contributed by atoms with E-state index < -0.39 is 0 Å². The summed E-state index contributed by atoms with van der Waals surface area (Å²) in [6.45, 7) is 0. The van der Waals surface area contributed by atoms with Gasteiger partial charge in [0.2, 0.25) is 0 Å². The quantitative estimate of drug-likeness (QED) is 0.737. The fraction of sp³-hybridized carbons (Fsp3) is 0.118. The molecule has 0 fully saturated rings. The average molecular weight is 314 g/mol. The molecule has 5 heteroatoms. The maximum atomic E-state index is 13.4. The molecule has 0 amide bonds. The predicted molar refractivity (Wildman–Crippen MR) is 87.7 cm³/mol. The van der Waals surface area contributed by atoms with Crippen LogP contribution in [-0.2, 0) is 6.42 Å². The number of nitrogen functional groups attached to an aromatic ring is 1. The zero-order valence-electron chi connectivity index (χ0n) is 12.0. The number of aromatic nitrogens is 1. The zero-order valence-corrected chi connectivity index (χ0v) is 12.9. The van der Waals surface area contributed by atoms with Gasteiger partial charge < -0.3 is 10.5 Å². The molecule has 22 heavy (non-hydrogen) atoms. The van der Waals surface area contributed by atoms with E-state index >= 15 is 0 Å². The van der Waals surface area contributed by atoms with Crippen molar-refractivity contribution in [1.29, 1.82) is 0 Å². The molecule has 0 saturated carbocycles. The Hall–Kier alpha value is -2.40. The van der Waals surface area contributed by atoms with E-state index in [4.69, 9.17) is 10.5 Å². The fourth-order valence-electron chi connectivity index (χ4n) is 2.27. The molecule has 0 aliphatic heterocycles. The molecule has 3 nitrogen and oxygen atoms in total. The van der Waals surface area contributed by atoms with E-state index in [0.717, 1.165) is 21.8 Å². The van der Waals surface area contributed by atoms with Crippen molar-refractivity contribution in [2.75, 3.05) is 12.8 Å². The largest absolute Gasteiger partial charge is 0.496 e. The molecule has 3 aromatic rings. The lowest BCUT2D eigenvalue weighted by Gasteiger charge is -2.06. The van der Waals surface area contributed by atoms with Crippen molar-refractivity contribution in [3.05, 3.63) is 64.2 Å². The Kier molecular flexibility index (Phi) is 4.06. The molecular weight excluding hydrogens is 299 g/mol. The van der Waals surface area contributed by atoms with Gasteiger partial charge in [-0.15, -0.1) is 11.3 Å². The third-order valence-corrected chi connectivity index (χ3v) is 4.17. The van der Waals surface area contributed by atoms with E-state index in [1.165, 1.54) is 12.1 Å². The number of benzene rings is 2. The molecule has 0 atom stereocenters. The first-order valence-corrected chi connectivity index (χ1v) is 7.66. The Balaban J connectivity index is 1.87. The van der Waals surface area contributed by atoms with Gasteiger partial charge in [0.25, 0.3) is 0 Å². The lowest BCUT2D eigenvalue weighted by Crippen LogP contribution is -1.95. The topological polar surface area (TPSA) is 48.1 Å². The van der Waals surface area contributed by atoms with Crippen LogP contribution in [0, 0.1) is 5.82 Å². The van der Waals surface area contributed by atoms with Crippen LogP contribution < -0.4 is 10.5 Å². The van der Waals surface area contributed by atoms with Crippen molar-refractivity contribution >= 4 is 17.0 Å². The van der Waals surface area contributed by atoms with Crippen molar-refractivity contribution < 1.29 is 9.13 Å². The van der Waals surface area contributed by atoms with Crippen molar-refractivity contribution in [3.8, 4) is 17.0 Å². The van der Waals surface area contributed by atoms with Crippen LogP contribution in [0.15, 0.2) is 47.8 Å². The molecule has 112 valence electrons. The number of methoxy groups -OCH3 is 1. The third-order valence-electron chi connectivity index (χ3n) is 3.32. The first-order valence-electron chi connectivity index (χ1n) is 6.78. The molecule has 3 rings (SSSR count). The number of hydrogen-bond acceptors (Lipinski definition) is 4. The number of halogens is 1. The lowest BCUT2D eigenvalue weighted by molar-refractivity contribution is 0.409. The Bertz CT molecular complexity index is 801. The molecule has 0 saturated heterocycles. The summed E-state index contributed by atoms with van der Waals surface area (Å²) in [7, 11) is 1.58. The highest BCUT2D eigenvalue weighted by molar-refractivity contribution is 7.10. The predicted octanol–water partition coefficient (Wildman–Crippen LogP) is 4.13. The molecule has 0 unspecified atom stereocenters. The number of ether oxygens (including phenoxy) is 1. The molecule has 2 N–H and O–H groups in total. The molecule has 0 aliphatic rings. The van der Waals surface area contributed by atoms with E-state index in [-0.39, 0.29) is 5.82 Å². The van der Waals surface area contributed by atoms with Crippen LogP contribution in [0.2, 0.25) is 0 Å². The van der Waals surface area contributed by atoms with Gasteiger partial charge in [-0.05, 0) is 30.3 Å². The summed E-state index contributed by atoms with van der Waals surface area (Å²) in [6.07, 6.45) is 0.536. The average Bonchev–Trinajstić information content (AvgIpc) is 2.96. The molecule has 0 spiro atoms. The Labute approximate surface area is 132 Å². The van der Waals surface area contributed by atoms with Crippen LogP contribution in [0.3, 0.4) is 0 Å². The van der Waals surface area contributed by atoms with Gasteiger partial charge in [-0.2, -0.15) is 0 Å². The highest BCUT2D eigenvalue weighted by Gasteiger charge is 2.10. The third kappa shape index (κ3) is 3.09. The number of anilines is 1. The summed E-state index contributed by atoms with van der Waals surface area (Å²) >= 11 is 1.54. The van der Waals surface area contributed by atoms with Crippen molar-refractivity contribution in [3.63, 3.8) is 0 Å². The van der Waals surface area contributed by atoms with E-state index in [0.29, 0.717) is 17.9 Å². The zero-order chi connectivity index (χ0) is 15.5. The van der Waals surface area contributed by atoms with Crippen LogP contribution in [0.4, 0.5) is 10.1 Å². The minimum atomic E-state index is -0.275. The van der Waals surface area contributed by atoms with Gasteiger partial charge >= 0.3 is 0 Å². The molecule has 1 aromatic heterocycles. The number of hydrogen-bond donors (Lipinski definition) is 1. The molecule has 2 aromatic carbocycles. The maximum absolute atomic E-state index is 13.4. The minimum Gasteiger partial charge on any atom is -0.496 e. The minimum absolute atomic E-state index is 0.275. The Morgan fingerprint density at radius 2 is 2.09 bits per heavy atom. The maximum Gasteiger partial charge on any atom is 0.123 e. The highest BCUT2D eigenvalue weighted by atomic mass is 32.1. The smallest absolute Gasteiger partial charge is 0.123 e. The first-order chi connectivity index (χ1) is 10.7. The van der Waals surface area contributed by atoms with Crippen molar-refractivity contribution in [2.45, 2.75) is 6.42 Å². The van der Waals surface area contributed by atoms with Gasteiger partial charge in [-0.25, -0.2) is 9.37 Å². The number of nitrogens with zero attached hydrogens (tertiary/aromatic N) is 1. The Morgan fingerprint density at radius 1 is 1.23 bits per heavy atom. The van der Waals surface area contributed by atoms with Gasteiger partial charge in [0.1, 0.15) is 11.6 Å². The van der Waals surface area contributed by atoms with Crippen LogP contribution in [0.25, 0.3) is 11.3 Å². The van der Waals surface area contributed by atoms with E-state index in [1.807, 2.05) is 29.6 Å². The summed E-state index contributed by atoms with van der Waals surface area (Å²) in [5.41, 5.74) is 9.15. The van der Waals surface area contributed by atoms with Gasteiger partial charge in [0.05, 0.1) is 17.8 Å². The van der Waals surface area contributed by atoms with Crippen LogP contribution >= 0.6 is 11.3 Å². The molecule has 0 radical (unpaired) electrons. The molecule has 0 aliphatic carbocycles. The first kappa shape index (κ1) is 14.5. The van der Waals surface area contributed by atoms with Crippen LogP contribution in [-0.4, -0.2) is 12.1 Å². The molecular formula is C17H15FN2OS. The second kappa shape index (κ2) is 6.15. The van der Waals surface area contributed by atoms with Gasteiger partial charge in [0.15, 0.2) is 0 Å². The van der Waals surface area contributed by atoms with Gasteiger partial charge in [-0.1, -0.05) is 12.1 Å². The Morgan fingerprint density at radius 3 is 2.86 bits per heavy atom. The summed E-state index contributed by atoms with van der Waals surface area (Å²) in [6, 6.07) is 12.1. The van der Waals surface area contributed by atoms with Crippen molar-refractivity contribution in [1.82, 2.24) is 4.98 Å². The number of nitrogens with two attached hydrogens (primary N) is 1. The standard InChI is InChI=1S/C17H15FN2OS/c1-21-16-6-5-13(18)7-12(16)9-17-20-15(10-22-17)11-3-2-4-14(19)8-11/h2-8,10H,9,19H2,1H3. The van der Waals surface area contributed by atoms with E-state index in [9.17, 15) is 4.39 Å². The summed E-state index contributed by atoms with van der Waals surface area (Å²) < 4.78 is 18.7. The second-order valence-corrected chi connectivity index (χ2v) is 5.83. The van der Waals surface area contributed by atoms with Gasteiger partial charge in [-0.3, -0.25) is 0 Å². The summed E-state index contributed by atoms with van der Waals surface area (Å²) in [5.74, 6) is 0.394. The highest BCUT2D eigenvalue weighted by Crippen LogP contribution is 2.27. The fourth-order valence-corrected chi connectivity index (χ4v) is 3.10. The van der Waals surface area contributed by atoms with Crippen LogP contribution in [0.1, 0.15) is 10.6 Å².